The molecule has 0 aromatic rings. The van der Waals surface area contributed by atoms with Crippen molar-refractivity contribution in [3.63, 3.8) is 0 Å². The Morgan fingerprint density at radius 3 is 2.53 bits per heavy atom. The Kier molecular flexibility index (Phi) is 3.57. The molecule has 2 fully saturated rings. The second-order valence-electron chi connectivity index (χ2n) is 7.70. The number of rotatable bonds is 1. The Morgan fingerprint density at radius 2 is 1.88 bits per heavy atom. The smallest absolute Gasteiger partial charge is 0.0253 e. The summed E-state index contributed by atoms with van der Waals surface area (Å²) >= 11 is 0. The Balaban J connectivity index is 2.04. The lowest BCUT2D eigenvalue weighted by atomic mass is 9.74. The van der Waals surface area contributed by atoms with E-state index in [9.17, 15) is 0 Å². The van der Waals surface area contributed by atoms with Gasteiger partial charge in [0.25, 0.3) is 0 Å². The van der Waals surface area contributed by atoms with Gasteiger partial charge < -0.3 is 5.32 Å². The summed E-state index contributed by atoms with van der Waals surface area (Å²) in [5.74, 6) is 0. The van der Waals surface area contributed by atoms with Gasteiger partial charge in [-0.3, -0.25) is 4.90 Å². The summed E-state index contributed by atoms with van der Waals surface area (Å²) in [5.41, 5.74) is 0.839. The molecular weight excluding hydrogens is 208 g/mol. The minimum absolute atomic E-state index is 0.286. The van der Waals surface area contributed by atoms with Crippen molar-refractivity contribution in [3.8, 4) is 0 Å². The molecule has 100 valence electrons. The summed E-state index contributed by atoms with van der Waals surface area (Å²) in [6.45, 7) is 14.3. The molecule has 1 aliphatic carbocycles. The van der Waals surface area contributed by atoms with Gasteiger partial charge in [0.2, 0.25) is 0 Å². The van der Waals surface area contributed by atoms with Crippen LogP contribution < -0.4 is 5.32 Å². The van der Waals surface area contributed by atoms with Crippen molar-refractivity contribution in [1.82, 2.24) is 10.2 Å². The highest BCUT2D eigenvalue weighted by atomic mass is 15.3. The molecule has 0 amide bonds. The lowest BCUT2D eigenvalue weighted by Gasteiger charge is -2.50. The number of hydrogen-bond acceptors (Lipinski definition) is 2. The lowest BCUT2D eigenvalue weighted by Crippen LogP contribution is -2.63. The summed E-state index contributed by atoms with van der Waals surface area (Å²) in [6, 6.07) is 1.51. The van der Waals surface area contributed by atoms with E-state index in [4.69, 9.17) is 0 Å². The molecule has 0 spiro atoms. The van der Waals surface area contributed by atoms with Crippen molar-refractivity contribution in [1.29, 1.82) is 0 Å². The maximum absolute atomic E-state index is 3.66. The summed E-state index contributed by atoms with van der Waals surface area (Å²) in [6.07, 6.45) is 5.61. The summed E-state index contributed by atoms with van der Waals surface area (Å²) in [5, 5.41) is 3.66. The van der Waals surface area contributed by atoms with Crippen molar-refractivity contribution in [2.75, 3.05) is 13.1 Å². The predicted octanol–water partition coefficient (Wildman–Crippen LogP) is 3.03. The van der Waals surface area contributed by atoms with E-state index in [-0.39, 0.29) is 5.54 Å². The van der Waals surface area contributed by atoms with Gasteiger partial charge >= 0.3 is 0 Å². The van der Waals surface area contributed by atoms with E-state index < -0.39 is 0 Å². The van der Waals surface area contributed by atoms with Crippen LogP contribution >= 0.6 is 0 Å². The van der Waals surface area contributed by atoms with E-state index >= 15 is 0 Å². The first-order valence-electron chi connectivity index (χ1n) is 7.30. The normalized spacial score (nSPS) is 37.9. The average Bonchev–Trinajstić information content (AvgIpc) is 2.20. The molecule has 1 N–H and O–H groups in total. The summed E-state index contributed by atoms with van der Waals surface area (Å²) < 4.78 is 0. The second-order valence-corrected chi connectivity index (χ2v) is 7.70. The van der Waals surface area contributed by atoms with Crippen molar-refractivity contribution >= 4 is 0 Å². The highest BCUT2D eigenvalue weighted by Gasteiger charge is 2.38. The number of nitrogens with one attached hydrogen (secondary N) is 1. The zero-order valence-corrected chi connectivity index (χ0v) is 12.3. The molecule has 1 heterocycles. The molecule has 1 saturated heterocycles. The van der Waals surface area contributed by atoms with Gasteiger partial charge in [0, 0.05) is 30.7 Å². The second kappa shape index (κ2) is 4.55. The Hall–Kier alpha value is -0.0800. The topological polar surface area (TPSA) is 15.3 Å². The molecular formula is C15H30N2. The van der Waals surface area contributed by atoms with Crippen LogP contribution in [-0.4, -0.2) is 35.6 Å². The van der Waals surface area contributed by atoms with Crippen LogP contribution in [0.25, 0.3) is 0 Å². The largest absolute Gasteiger partial charge is 0.309 e. The van der Waals surface area contributed by atoms with Gasteiger partial charge in [-0.05, 0) is 45.4 Å². The third-order valence-corrected chi connectivity index (χ3v) is 4.67. The minimum Gasteiger partial charge on any atom is -0.309 e. The van der Waals surface area contributed by atoms with Gasteiger partial charge in [-0.2, -0.15) is 0 Å². The van der Waals surface area contributed by atoms with E-state index in [2.05, 4.69) is 44.8 Å². The first-order valence-corrected chi connectivity index (χ1v) is 7.30. The van der Waals surface area contributed by atoms with Gasteiger partial charge in [0.15, 0.2) is 0 Å². The molecule has 2 atom stereocenters. The van der Waals surface area contributed by atoms with Crippen molar-refractivity contribution in [2.24, 2.45) is 5.41 Å². The van der Waals surface area contributed by atoms with E-state index in [1.54, 1.807) is 0 Å². The number of hydrogen-bond donors (Lipinski definition) is 1. The molecule has 0 aromatic heterocycles. The van der Waals surface area contributed by atoms with Crippen LogP contribution in [0.5, 0.6) is 0 Å². The molecule has 1 saturated carbocycles. The van der Waals surface area contributed by atoms with Crippen molar-refractivity contribution < 1.29 is 0 Å². The van der Waals surface area contributed by atoms with Gasteiger partial charge in [0.1, 0.15) is 0 Å². The molecule has 0 aromatic carbocycles. The predicted molar refractivity (Wildman–Crippen MR) is 74.3 cm³/mol. The van der Waals surface area contributed by atoms with Gasteiger partial charge in [0.05, 0.1) is 0 Å². The summed E-state index contributed by atoms with van der Waals surface area (Å²) in [4.78, 5) is 2.78. The Labute approximate surface area is 107 Å². The SMILES string of the molecule is CC1CNC(C)(C)CN1C1CCCC(C)(C)C1. The highest BCUT2D eigenvalue weighted by Crippen LogP contribution is 2.38. The Bertz CT molecular complexity index is 270. The van der Waals surface area contributed by atoms with Crippen molar-refractivity contribution in [3.05, 3.63) is 0 Å². The van der Waals surface area contributed by atoms with Gasteiger partial charge in [-0.25, -0.2) is 0 Å². The zero-order chi connectivity index (χ0) is 12.7. The van der Waals surface area contributed by atoms with E-state index in [0.29, 0.717) is 11.5 Å². The molecule has 0 radical (unpaired) electrons. The molecule has 2 heteroatoms. The fraction of sp³-hybridized carbons (Fsp3) is 1.00. The van der Waals surface area contributed by atoms with Gasteiger partial charge in [-0.1, -0.05) is 20.3 Å². The van der Waals surface area contributed by atoms with E-state index in [0.717, 1.165) is 12.6 Å². The lowest BCUT2D eigenvalue weighted by molar-refractivity contribution is 0.0198. The third kappa shape index (κ3) is 3.23. The van der Waals surface area contributed by atoms with Crippen LogP contribution in [0.2, 0.25) is 0 Å². The van der Waals surface area contributed by atoms with Crippen LogP contribution in [-0.2, 0) is 0 Å². The molecule has 2 rings (SSSR count). The number of nitrogens with zero attached hydrogens (tertiary/aromatic N) is 1. The standard InChI is InChI=1S/C15H30N2/c1-12-10-16-15(4,5)11-17(12)13-7-6-8-14(2,3)9-13/h12-13,16H,6-11H2,1-5H3. The first-order chi connectivity index (χ1) is 7.79. The molecule has 0 bridgehead atoms. The fourth-order valence-corrected chi connectivity index (χ4v) is 3.64. The van der Waals surface area contributed by atoms with E-state index in [1.165, 1.54) is 32.2 Å². The van der Waals surface area contributed by atoms with Crippen LogP contribution in [0.1, 0.15) is 60.3 Å². The zero-order valence-electron chi connectivity index (χ0n) is 12.3. The molecule has 2 unspecified atom stereocenters. The van der Waals surface area contributed by atoms with E-state index in [1.807, 2.05) is 0 Å². The van der Waals surface area contributed by atoms with Gasteiger partial charge in [-0.15, -0.1) is 0 Å². The van der Waals surface area contributed by atoms with Crippen LogP contribution in [0, 0.1) is 5.41 Å². The molecule has 17 heavy (non-hydrogen) atoms. The molecule has 2 nitrogen and oxygen atoms in total. The third-order valence-electron chi connectivity index (χ3n) is 4.67. The van der Waals surface area contributed by atoms with Crippen molar-refractivity contribution in [2.45, 2.75) is 77.9 Å². The van der Waals surface area contributed by atoms with Crippen LogP contribution in [0.4, 0.5) is 0 Å². The maximum Gasteiger partial charge on any atom is 0.0253 e. The number of piperazine rings is 1. The quantitative estimate of drug-likeness (QED) is 0.755. The maximum atomic E-state index is 3.66. The molecule has 1 aliphatic heterocycles. The monoisotopic (exact) mass is 238 g/mol. The van der Waals surface area contributed by atoms with Crippen LogP contribution in [0.15, 0.2) is 0 Å². The first kappa shape index (κ1) is 13.4. The highest BCUT2D eigenvalue weighted by molar-refractivity contribution is 4.95. The Morgan fingerprint density at radius 1 is 1.18 bits per heavy atom. The fourth-order valence-electron chi connectivity index (χ4n) is 3.64. The summed E-state index contributed by atoms with van der Waals surface area (Å²) in [7, 11) is 0. The average molecular weight is 238 g/mol. The minimum atomic E-state index is 0.286. The molecule has 2 aliphatic rings. The van der Waals surface area contributed by atoms with Crippen LogP contribution in [0.3, 0.4) is 0 Å².